The van der Waals surface area contributed by atoms with E-state index in [-0.39, 0.29) is 0 Å². The van der Waals surface area contributed by atoms with Crippen molar-refractivity contribution in [1.29, 1.82) is 0 Å². The van der Waals surface area contributed by atoms with Crippen LogP contribution in [0.25, 0.3) is 0 Å². The van der Waals surface area contributed by atoms with Gasteiger partial charge in [-0.3, -0.25) is 0 Å². The van der Waals surface area contributed by atoms with E-state index in [2.05, 4.69) is 49.2 Å². The first-order valence-corrected chi connectivity index (χ1v) is 15.3. The minimum absolute atomic E-state index is 0.571. The summed E-state index contributed by atoms with van der Waals surface area (Å²) in [5.74, 6) is 1.56. The van der Waals surface area contributed by atoms with Crippen molar-refractivity contribution in [3.05, 3.63) is 18.2 Å². The van der Waals surface area contributed by atoms with Crippen LogP contribution in [0.3, 0.4) is 0 Å². The maximum absolute atomic E-state index is 2.56. The van der Waals surface area contributed by atoms with Crippen LogP contribution in [0.2, 0.25) is 0 Å². The normalized spacial score (nSPS) is 11.7. The van der Waals surface area contributed by atoms with Crippen molar-refractivity contribution in [1.82, 2.24) is 4.57 Å². The molecule has 0 aliphatic heterocycles. The minimum Gasteiger partial charge on any atom is -0.234 e. The Balaban J connectivity index is 2.11. The summed E-state index contributed by atoms with van der Waals surface area (Å²) < 4.78 is 5.08. The molecule has 2 heteroatoms. The first kappa shape index (κ1) is 30.2. The van der Waals surface area contributed by atoms with Crippen LogP contribution in [0.1, 0.15) is 174 Å². The van der Waals surface area contributed by atoms with Gasteiger partial charge in [-0.05, 0) is 33.1 Å². The molecule has 0 bridgehead atoms. The number of nitrogens with zero attached hydrogens (tertiary/aromatic N) is 2. The number of rotatable bonds is 24. The highest BCUT2D eigenvalue weighted by Gasteiger charge is 2.18. The van der Waals surface area contributed by atoms with Crippen molar-refractivity contribution in [2.45, 2.75) is 182 Å². The number of unbranched alkanes of at least 4 members (excludes halogenated alkanes) is 19. The molecule has 0 aliphatic carbocycles. The van der Waals surface area contributed by atoms with Crippen LogP contribution in [-0.4, -0.2) is 4.57 Å². The predicted molar refractivity (Wildman–Crippen MR) is 147 cm³/mol. The lowest BCUT2D eigenvalue weighted by Crippen LogP contribution is -2.37. The highest BCUT2D eigenvalue weighted by Crippen LogP contribution is 2.15. The molecule has 0 saturated heterocycles. The second kappa shape index (κ2) is 21.7. The fourth-order valence-electron chi connectivity index (χ4n) is 5.14. The average molecular weight is 462 g/mol. The predicted octanol–water partition coefficient (Wildman–Crippen LogP) is 10.1. The largest absolute Gasteiger partial charge is 0.256 e. The maximum Gasteiger partial charge on any atom is 0.256 e. The Kier molecular flexibility index (Phi) is 19.9. The van der Waals surface area contributed by atoms with E-state index in [0.29, 0.717) is 6.04 Å². The summed E-state index contributed by atoms with van der Waals surface area (Å²) in [4.78, 5) is 0. The standard InChI is InChI=1S/C31H61N2/c1-5-7-9-11-13-14-15-16-17-18-19-20-22-24-26-31-32(28-29-33(31)30(3)4)27-25-23-21-12-10-8-6-2/h28-30H,5-27H2,1-4H3/q+1. The third-order valence-corrected chi connectivity index (χ3v) is 7.35. The fraction of sp³-hybridized carbons (Fsp3) is 0.903. The van der Waals surface area contributed by atoms with E-state index < -0.39 is 0 Å². The molecule has 0 fully saturated rings. The molecule has 1 aromatic heterocycles. The molecule has 1 aromatic rings. The number of aryl methyl sites for hydroxylation is 1. The molecule has 0 radical (unpaired) electrons. The highest BCUT2D eigenvalue weighted by atomic mass is 15.2. The van der Waals surface area contributed by atoms with Gasteiger partial charge in [0.1, 0.15) is 12.4 Å². The molecule has 33 heavy (non-hydrogen) atoms. The molecule has 0 spiro atoms. The maximum atomic E-state index is 2.56. The Morgan fingerprint density at radius 1 is 0.576 bits per heavy atom. The van der Waals surface area contributed by atoms with Gasteiger partial charge in [0, 0.05) is 6.42 Å². The summed E-state index contributed by atoms with van der Waals surface area (Å²) in [7, 11) is 0. The lowest BCUT2D eigenvalue weighted by Gasteiger charge is -2.08. The van der Waals surface area contributed by atoms with E-state index in [1.54, 1.807) is 5.82 Å². The lowest BCUT2D eigenvalue weighted by atomic mass is 10.0. The molecule has 2 nitrogen and oxygen atoms in total. The van der Waals surface area contributed by atoms with E-state index in [4.69, 9.17) is 0 Å². The highest BCUT2D eigenvalue weighted by molar-refractivity contribution is 4.86. The smallest absolute Gasteiger partial charge is 0.234 e. The van der Waals surface area contributed by atoms with Crippen molar-refractivity contribution < 1.29 is 4.57 Å². The van der Waals surface area contributed by atoms with E-state index in [1.165, 1.54) is 148 Å². The van der Waals surface area contributed by atoms with Gasteiger partial charge in [-0.15, -0.1) is 0 Å². The average Bonchev–Trinajstić information content (AvgIpc) is 3.21. The van der Waals surface area contributed by atoms with Crippen LogP contribution in [-0.2, 0) is 13.0 Å². The Hall–Kier alpha value is -0.790. The molecule has 1 rings (SSSR count). The van der Waals surface area contributed by atoms with Crippen LogP contribution >= 0.6 is 0 Å². The van der Waals surface area contributed by atoms with Crippen molar-refractivity contribution in [2.24, 2.45) is 0 Å². The second-order valence-corrected chi connectivity index (χ2v) is 10.9. The van der Waals surface area contributed by atoms with Gasteiger partial charge in [0.05, 0.1) is 12.6 Å². The van der Waals surface area contributed by atoms with E-state index in [9.17, 15) is 0 Å². The van der Waals surface area contributed by atoms with Gasteiger partial charge in [-0.25, -0.2) is 9.13 Å². The van der Waals surface area contributed by atoms with Gasteiger partial charge in [-0.2, -0.15) is 0 Å². The molecule has 0 saturated carbocycles. The topological polar surface area (TPSA) is 8.81 Å². The van der Waals surface area contributed by atoms with Gasteiger partial charge in [0.15, 0.2) is 0 Å². The zero-order chi connectivity index (χ0) is 24.0. The number of hydrogen-bond donors (Lipinski definition) is 0. The summed E-state index contributed by atoms with van der Waals surface area (Å²) in [5, 5.41) is 0. The zero-order valence-electron chi connectivity index (χ0n) is 23.4. The molecule has 0 amide bonds. The Bertz CT molecular complexity index is 531. The molecule has 0 aliphatic rings. The summed E-state index contributed by atoms with van der Waals surface area (Å²) in [6.45, 7) is 10.5. The second-order valence-electron chi connectivity index (χ2n) is 10.9. The fourth-order valence-corrected chi connectivity index (χ4v) is 5.14. The minimum atomic E-state index is 0.571. The summed E-state index contributed by atoms with van der Waals surface area (Å²) in [5.41, 5.74) is 0. The van der Waals surface area contributed by atoms with Gasteiger partial charge in [-0.1, -0.05) is 129 Å². The molecule has 0 aromatic carbocycles. The first-order valence-electron chi connectivity index (χ1n) is 15.3. The number of aromatic nitrogens is 2. The van der Waals surface area contributed by atoms with E-state index in [1.807, 2.05) is 0 Å². The van der Waals surface area contributed by atoms with Crippen molar-refractivity contribution >= 4 is 0 Å². The van der Waals surface area contributed by atoms with Crippen LogP contribution in [0.5, 0.6) is 0 Å². The number of imidazole rings is 1. The van der Waals surface area contributed by atoms with Gasteiger partial charge in [0.2, 0.25) is 0 Å². The third-order valence-electron chi connectivity index (χ3n) is 7.35. The zero-order valence-corrected chi connectivity index (χ0v) is 23.4. The summed E-state index contributed by atoms with van der Waals surface area (Å²) in [6, 6.07) is 0.571. The van der Waals surface area contributed by atoms with Crippen LogP contribution in [0, 0.1) is 0 Å². The first-order chi connectivity index (χ1) is 16.2. The number of hydrogen-bond acceptors (Lipinski definition) is 0. The SMILES string of the molecule is CCCCCCCCCCCCCCCCc1n(C(C)C)cc[n+]1CCCCCCCCC. The third kappa shape index (κ3) is 15.7. The monoisotopic (exact) mass is 461 g/mol. The quantitative estimate of drug-likeness (QED) is 0.107. The van der Waals surface area contributed by atoms with Crippen LogP contribution in [0.4, 0.5) is 0 Å². The lowest BCUT2D eigenvalue weighted by molar-refractivity contribution is -0.704. The van der Waals surface area contributed by atoms with Crippen LogP contribution in [0.15, 0.2) is 12.4 Å². The van der Waals surface area contributed by atoms with E-state index in [0.717, 1.165) is 0 Å². The molecule has 1 heterocycles. The van der Waals surface area contributed by atoms with Crippen molar-refractivity contribution in [2.75, 3.05) is 0 Å². The van der Waals surface area contributed by atoms with Crippen LogP contribution < -0.4 is 4.57 Å². The van der Waals surface area contributed by atoms with Gasteiger partial charge < -0.3 is 0 Å². The van der Waals surface area contributed by atoms with Gasteiger partial charge >= 0.3 is 0 Å². The van der Waals surface area contributed by atoms with Gasteiger partial charge in [0.25, 0.3) is 5.82 Å². The Labute approximate surface area is 208 Å². The Morgan fingerprint density at radius 3 is 1.39 bits per heavy atom. The molecular formula is C31H61N2+. The molecule has 0 N–H and O–H groups in total. The molecule has 0 unspecified atom stereocenters. The van der Waals surface area contributed by atoms with Crippen molar-refractivity contribution in [3.8, 4) is 0 Å². The molecule has 194 valence electrons. The Morgan fingerprint density at radius 2 is 0.970 bits per heavy atom. The summed E-state index contributed by atoms with van der Waals surface area (Å²) >= 11 is 0. The summed E-state index contributed by atoms with van der Waals surface area (Å²) in [6.07, 6.45) is 35.8. The van der Waals surface area contributed by atoms with E-state index >= 15 is 0 Å². The molecule has 0 atom stereocenters. The van der Waals surface area contributed by atoms with Crippen molar-refractivity contribution in [3.63, 3.8) is 0 Å². The molecular weight excluding hydrogens is 400 g/mol.